The fraction of sp³-hybridized carbons (Fsp3) is 0.667. The number of hydrogen-bond acceptors (Lipinski definition) is 3. The molecule has 0 saturated heterocycles. The first-order valence-electron chi connectivity index (χ1n) is 8.30. The monoisotopic (exact) mass is 290 g/mol. The second kappa shape index (κ2) is 8.52. The average Bonchev–Trinajstić information content (AvgIpc) is 2.49. The van der Waals surface area contributed by atoms with E-state index in [0.717, 1.165) is 26.2 Å². The number of benzene rings is 1. The SMILES string of the molecule is CNCC1(CN(CCO)Cc2ccccc2)CCCCC1. The van der Waals surface area contributed by atoms with Crippen molar-refractivity contribution in [1.29, 1.82) is 0 Å². The number of aliphatic hydroxyl groups is 1. The minimum Gasteiger partial charge on any atom is -0.395 e. The number of aliphatic hydroxyl groups excluding tert-OH is 1. The van der Waals surface area contributed by atoms with Crippen LogP contribution in [0.3, 0.4) is 0 Å². The summed E-state index contributed by atoms with van der Waals surface area (Å²) in [5.41, 5.74) is 1.72. The van der Waals surface area contributed by atoms with Crippen LogP contribution in [0, 0.1) is 5.41 Å². The summed E-state index contributed by atoms with van der Waals surface area (Å²) in [5.74, 6) is 0. The second-order valence-corrected chi connectivity index (χ2v) is 6.51. The summed E-state index contributed by atoms with van der Waals surface area (Å²) in [4.78, 5) is 2.43. The van der Waals surface area contributed by atoms with Crippen LogP contribution in [0.2, 0.25) is 0 Å². The van der Waals surface area contributed by atoms with E-state index < -0.39 is 0 Å². The molecule has 2 N–H and O–H groups in total. The first-order chi connectivity index (χ1) is 10.3. The van der Waals surface area contributed by atoms with Gasteiger partial charge in [0.2, 0.25) is 0 Å². The van der Waals surface area contributed by atoms with Gasteiger partial charge in [-0.25, -0.2) is 0 Å². The van der Waals surface area contributed by atoms with Crippen molar-refractivity contribution in [2.75, 3.05) is 33.3 Å². The Hall–Kier alpha value is -0.900. The van der Waals surface area contributed by atoms with Crippen LogP contribution in [-0.2, 0) is 6.54 Å². The van der Waals surface area contributed by atoms with Crippen molar-refractivity contribution in [2.24, 2.45) is 5.41 Å². The molecule has 1 fully saturated rings. The number of hydrogen-bond donors (Lipinski definition) is 2. The van der Waals surface area contributed by atoms with Crippen molar-refractivity contribution in [3.8, 4) is 0 Å². The van der Waals surface area contributed by atoms with Crippen LogP contribution >= 0.6 is 0 Å². The molecule has 118 valence electrons. The fourth-order valence-corrected chi connectivity index (χ4v) is 3.74. The number of rotatable bonds is 8. The lowest BCUT2D eigenvalue weighted by atomic mass is 9.73. The van der Waals surface area contributed by atoms with Crippen LogP contribution < -0.4 is 5.32 Å². The fourth-order valence-electron chi connectivity index (χ4n) is 3.74. The largest absolute Gasteiger partial charge is 0.395 e. The maximum atomic E-state index is 9.40. The van der Waals surface area contributed by atoms with Crippen LogP contribution in [0.15, 0.2) is 30.3 Å². The normalized spacial score (nSPS) is 18.0. The van der Waals surface area contributed by atoms with E-state index in [-0.39, 0.29) is 6.61 Å². The lowest BCUT2D eigenvalue weighted by Gasteiger charge is -2.41. The molecule has 0 bridgehead atoms. The summed E-state index contributed by atoms with van der Waals surface area (Å²) in [6.45, 7) is 4.11. The van der Waals surface area contributed by atoms with E-state index in [4.69, 9.17) is 0 Å². The van der Waals surface area contributed by atoms with Gasteiger partial charge in [0.25, 0.3) is 0 Å². The van der Waals surface area contributed by atoms with Crippen molar-refractivity contribution in [1.82, 2.24) is 10.2 Å². The highest BCUT2D eigenvalue weighted by molar-refractivity contribution is 5.14. The molecule has 0 amide bonds. The van der Waals surface area contributed by atoms with Gasteiger partial charge in [-0.15, -0.1) is 0 Å². The van der Waals surface area contributed by atoms with Gasteiger partial charge in [0, 0.05) is 26.2 Å². The molecule has 0 aromatic heterocycles. The molecular formula is C18H30N2O. The van der Waals surface area contributed by atoms with E-state index in [9.17, 15) is 5.11 Å². The van der Waals surface area contributed by atoms with Gasteiger partial charge < -0.3 is 10.4 Å². The zero-order valence-electron chi connectivity index (χ0n) is 13.4. The van der Waals surface area contributed by atoms with Crippen molar-refractivity contribution in [3.05, 3.63) is 35.9 Å². The van der Waals surface area contributed by atoms with Crippen LogP contribution in [0.25, 0.3) is 0 Å². The maximum Gasteiger partial charge on any atom is 0.0558 e. The molecule has 0 unspecified atom stereocenters. The zero-order chi connectivity index (χ0) is 15.0. The molecule has 1 aliphatic carbocycles. The molecule has 21 heavy (non-hydrogen) atoms. The van der Waals surface area contributed by atoms with Gasteiger partial charge in [0.1, 0.15) is 0 Å². The Labute approximate surface area is 129 Å². The van der Waals surface area contributed by atoms with Crippen LogP contribution in [0.4, 0.5) is 0 Å². The average molecular weight is 290 g/mol. The summed E-state index contributed by atoms with van der Waals surface area (Å²) in [6.07, 6.45) is 6.69. The molecule has 1 saturated carbocycles. The molecule has 3 nitrogen and oxygen atoms in total. The molecule has 0 spiro atoms. The molecule has 1 aliphatic rings. The Morgan fingerprint density at radius 2 is 1.86 bits per heavy atom. The highest BCUT2D eigenvalue weighted by Gasteiger charge is 2.33. The molecular weight excluding hydrogens is 260 g/mol. The number of nitrogens with one attached hydrogen (secondary N) is 1. The summed E-state index contributed by atoms with van der Waals surface area (Å²) < 4.78 is 0. The van der Waals surface area contributed by atoms with Crippen molar-refractivity contribution >= 4 is 0 Å². The standard InChI is InChI=1S/C18H30N2O/c1-19-15-18(10-6-3-7-11-18)16-20(12-13-21)14-17-8-4-2-5-9-17/h2,4-5,8-9,19,21H,3,6-7,10-16H2,1H3. The smallest absolute Gasteiger partial charge is 0.0558 e. The van der Waals surface area contributed by atoms with E-state index in [1.807, 2.05) is 0 Å². The number of nitrogens with zero attached hydrogens (tertiary/aromatic N) is 1. The second-order valence-electron chi connectivity index (χ2n) is 6.51. The lowest BCUT2D eigenvalue weighted by molar-refractivity contribution is 0.0858. The van der Waals surface area contributed by atoms with Gasteiger partial charge in [-0.2, -0.15) is 0 Å². The molecule has 1 aromatic rings. The third-order valence-electron chi connectivity index (χ3n) is 4.69. The van der Waals surface area contributed by atoms with Gasteiger partial charge in [-0.3, -0.25) is 4.90 Å². The van der Waals surface area contributed by atoms with Crippen molar-refractivity contribution < 1.29 is 5.11 Å². The van der Waals surface area contributed by atoms with Crippen LogP contribution in [-0.4, -0.2) is 43.3 Å². The van der Waals surface area contributed by atoms with Crippen LogP contribution in [0.5, 0.6) is 0 Å². The predicted molar refractivity (Wildman–Crippen MR) is 88.2 cm³/mol. The molecule has 0 atom stereocenters. The molecule has 0 radical (unpaired) electrons. The third-order valence-corrected chi connectivity index (χ3v) is 4.69. The first kappa shape index (κ1) is 16.5. The summed E-state index contributed by atoms with van der Waals surface area (Å²) in [5, 5.41) is 12.8. The Morgan fingerprint density at radius 1 is 1.14 bits per heavy atom. The Balaban J connectivity index is 2.02. The lowest BCUT2D eigenvalue weighted by Crippen LogP contribution is -2.45. The Bertz CT molecular complexity index is 382. The van der Waals surface area contributed by atoms with Gasteiger partial charge in [-0.1, -0.05) is 49.6 Å². The molecule has 1 aromatic carbocycles. The molecule has 0 heterocycles. The topological polar surface area (TPSA) is 35.5 Å². The quantitative estimate of drug-likeness (QED) is 0.772. The summed E-state index contributed by atoms with van der Waals surface area (Å²) in [7, 11) is 2.06. The summed E-state index contributed by atoms with van der Waals surface area (Å²) in [6, 6.07) is 10.6. The van der Waals surface area contributed by atoms with E-state index in [1.54, 1.807) is 0 Å². The maximum absolute atomic E-state index is 9.40. The Morgan fingerprint density at radius 3 is 2.48 bits per heavy atom. The van der Waals surface area contributed by atoms with Crippen LogP contribution in [0.1, 0.15) is 37.7 Å². The predicted octanol–water partition coefficient (Wildman–Crippen LogP) is 2.65. The highest BCUT2D eigenvalue weighted by Crippen LogP contribution is 2.36. The molecule has 0 aliphatic heterocycles. The summed E-state index contributed by atoms with van der Waals surface area (Å²) >= 11 is 0. The van der Waals surface area contributed by atoms with Crippen molar-refractivity contribution in [2.45, 2.75) is 38.6 Å². The molecule has 3 heteroatoms. The minimum absolute atomic E-state index is 0.239. The van der Waals surface area contributed by atoms with E-state index >= 15 is 0 Å². The van der Waals surface area contributed by atoms with Gasteiger partial charge in [0.15, 0.2) is 0 Å². The van der Waals surface area contributed by atoms with E-state index in [2.05, 4.69) is 47.6 Å². The zero-order valence-corrected chi connectivity index (χ0v) is 13.4. The van der Waals surface area contributed by atoms with E-state index in [1.165, 1.54) is 37.7 Å². The third kappa shape index (κ3) is 5.10. The Kier molecular flexibility index (Phi) is 6.68. The van der Waals surface area contributed by atoms with Crippen molar-refractivity contribution in [3.63, 3.8) is 0 Å². The first-order valence-corrected chi connectivity index (χ1v) is 8.30. The van der Waals surface area contributed by atoms with Gasteiger partial charge in [-0.05, 0) is 30.9 Å². The molecule has 2 rings (SSSR count). The van der Waals surface area contributed by atoms with Gasteiger partial charge >= 0.3 is 0 Å². The van der Waals surface area contributed by atoms with Gasteiger partial charge in [0.05, 0.1) is 6.61 Å². The minimum atomic E-state index is 0.239. The highest BCUT2D eigenvalue weighted by atomic mass is 16.3. The van der Waals surface area contributed by atoms with E-state index in [0.29, 0.717) is 5.41 Å².